The van der Waals surface area contributed by atoms with Crippen LogP contribution in [-0.4, -0.2) is 29.1 Å². The van der Waals surface area contributed by atoms with E-state index in [0.29, 0.717) is 17.9 Å². The van der Waals surface area contributed by atoms with Crippen LogP contribution in [0, 0.1) is 17.8 Å². The van der Waals surface area contributed by atoms with Crippen LogP contribution >= 0.6 is 0 Å². The molecule has 3 heteroatoms. The van der Waals surface area contributed by atoms with Crippen molar-refractivity contribution in [3.8, 4) is 0 Å². The molecule has 2 bridgehead atoms. The van der Waals surface area contributed by atoms with Gasteiger partial charge in [-0.25, -0.2) is 0 Å². The Balaban J connectivity index is 1.40. The van der Waals surface area contributed by atoms with E-state index in [1.807, 2.05) is 0 Å². The van der Waals surface area contributed by atoms with Crippen molar-refractivity contribution in [1.82, 2.24) is 4.90 Å². The van der Waals surface area contributed by atoms with Gasteiger partial charge in [0, 0.05) is 23.9 Å². The zero-order chi connectivity index (χ0) is 24.6. The first-order chi connectivity index (χ1) is 16.9. The molecule has 0 aromatic heterocycles. The average Bonchev–Trinajstić information content (AvgIpc) is 2.89. The van der Waals surface area contributed by atoms with Crippen molar-refractivity contribution in [3.63, 3.8) is 0 Å². The second-order valence-electron chi connectivity index (χ2n) is 11.8. The summed E-state index contributed by atoms with van der Waals surface area (Å²) in [5.74, 6) is 1.12. The molecule has 2 heterocycles. The molecule has 0 radical (unpaired) electrons. The molecular weight excluding hydrogens is 430 g/mol. The molecule has 35 heavy (non-hydrogen) atoms. The van der Waals surface area contributed by atoms with E-state index in [2.05, 4.69) is 105 Å². The summed E-state index contributed by atoms with van der Waals surface area (Å²) in [6.45, 7) is 9.22. The van der Waals surface area contributed by atoms with Crippen LogP contribution in [0.25, 0.3) is 0 Å². The topological polar surface area (TPSA) is 29.5 Å². The number of hydrogen-bond acceptors (Lipinski definition) is 3. The Morgan fingerprint density at radius 1 is 0.943 bits per heavy atom. The van der Waals surface area contributed by atoms with Crippen LogP contribution in [-0.2, 0) is 14.9 Å². The maximum absolute atomic E-state index is 14.0. The third-order valence-electron chi connectivity index (χ3n) is 9.22. The lowest BCUT2D eigenvalue weighted by Gasteiger charge is -2.50. The predicted molar refractivity (Wildman–Crippen MR) is 142 cm³/mol. The number of piperidine rings is 1. The highest BCUT2D eigenvalue weighted by molar-refractivity contribution is 5.77. The van der Waals surface area contributed by atoms with Gasteiger partial charge in [-0.05, 0) is 55.1 Å². The van der Waals surface area contributed by atoms with Crippen LogP contribution in [0.1, 0.15) is 77.0 Å². The number of fused-ring (bicyclic) bond motifs is 2. The molecule has 1 saturated carbocycles. The monoisotopic (exact) mass is 471 g/mol. The number of rotatable bonds is 6. The summed E-state index contributed by atoms with van der Waals surface area (Å²) in [6.07, 6.45) is 10.00. The Kier molecular flexibility index (Phi) is 6.90. The van der Waals surface area contributed by atoms with E-state index in [-0.39, 0.29) is 35.5 Å². The van der Waals surface area contributed by atoms with Gasteiger partial charge < -0.3 is 4.74 Å². The van der Waals surface area contributed by atoms with Crippen molar-refractivity contribution in [2.75, 3.05) is 0 Å². The number of nitrogens with zero attached hydrogens (tertiary/aromatic N) is 1. The van der Waals surface area contributed by atoms with Gasteiger partial charge >= 0.3 is 5.97 Å². The fourth-order valence-corrected chi connectivity index (χ4v) is 7.08. The molecular formula is C32H41NO2. The largest absolute Gasteiger partial charge is 0.461 e. The van der Waals surface area contributed by atoms with Crippen LogP contribution in [0.2, 0.25) is 0 Å². The molecule has 0 unspecified atom stereocenters. The lowest BCUT2D eigenvalue weighted by Crippen LogP contribution is -2.58. The molecule has 2 fully saturated rings. The van der Waals surface area contributed by atoms with Crippen LogP contribution in [0.3, 0.4) is 0 Å². The molecule has 186 valence electrons. The number of hydrogen-bond donors (Lipinski definition) is 0. The second kappa shape index (κ2) is 9.93. The fourth-order valence-electron chi connectivity index (χ4n) is 7.08. The summed E-state index contributed by atoms with van der Waals surface area (Å²) in [7, 11) is 0. The molecule has 3 nitrogen and oxygen atoms in total. The molecule has 0 N–H and O–H groups in total. The smallest absolute Gasteiger partial charge is 0.324 e. The molecule has 0 spiro atoms. The van der Waals surface area contributed by atoms with Crippen LogP contribution < -0.4 is 0 Å². The Hall–Kier alpha value is -2.39. The van der Waals surface area contributed by atoms with E-state index >= 15 is 0 Å². The summed E-state index contributed by atoms with van der Waals surface area (Å²) < 4.78 is 6.58. The third kappa shape index (κ3) is 4.72. The fraction of sp³-hybridized carbons (Fsp3) is 0.531. The Bertz CT molecular complexity index is 1030. The van der Waals surface area contributed by atoms with Gasteiger partial charge in [-0.2, -0.15) is 0 Å². The van der Waals surface area contributed by atoms with Gasteiger partial charge in [-0.15, -0.1) is 0 Å². The summed E-state index contributed by atoms with van der Waals surface area (Å²) in [5, 5.41) is 0. The van der Waals surface area contributed by atoms with Gasteiger partial charge in [0.05, 0.1) is 0 Å². The maximum atomic E-state index is 14.0. The lowest BCUT2D eigenvalue weighted by atomic mass is 9.64. The highest BCUT2D eigenvalue weighted by atomic mass is 16.5. The highest BCUT2D eigenvalue weighted by Gasteiger charge is 2.48. The van der Waals surface area contributed by atoms with E-state index in [1.54, 1.807) is 0 Å². The van der Waals surface area contributed by atoms with Crippen LogP contribution in [0.5, 0.6) is 0 Å². The first-order valence-corrected chi connectivity index (χ1v) is 13.6. The van der Waals surface area contributed by atoms with Crippen LogP contribution in [0.4, 0.5) is 0 Å². The van der Waals surface area contributed by atoms with E-state index in [4.69, 9.17) is 4.74 Å². The van der Waals surface area contributed by atoms with Crippen molar-refractivity contribution in [2.24, 2.45) is 17.8 Å². The first kappa shape index (κ1) is 24.3. The van der Waals surface area contributed by atoms with E-state index in [1.165, 1.54) is 17.5 Å². The van der Waals surface area contributed by atoms with Crippen molar-refractivity contribution in [1.29, 1.82) is 0 Å². The average molecular weight is 472 g/mol. The van der Waals surface area contributed by atoms with Gasteiger partial charge in [0.25, 0.3) is 0 Å². The summed E-state index contributed by atoms with van der Waals surface area (Å²) in [5.41, 5.74) is 2.55. The van der Waals surface area contributed by atoms with Crippen molar-refractivity contribution in [2.45, 2.75) is 89.4 Å². The van der Waals surface area contributed by atoms with E-state index in [9.17, 15) is 4.79 Å². The predicted octanol–water partition coefficient (Wildman–Crippen LogP) is 7.09. The zero-order valence-corrected chi connectivity index (χ0v) is 21.8. The van der Waals surface area contributed by atoms with E-state index in [0.717, 1.165) is 25.7 Å². The van der Waals surface area contributed by atoms with Crippen LogP contribution in [0.15, 0.2) is 72.8 Å². The molecule has 2 aliphatic carbocycles. The standard InChI is InChI=1S/C32H41NO2/c1-22-15-20-28(32(3,4)26-13-9-6-10-14-26)29(21-22)35-31(34)30-25-16-18-27(19-17-25)33(30)23(2)24-11-7-5-8-12-24/h5-14,16,18,22-23,25,27-30H,15,17,19-21H2,1-4H3/t22-,23-,25+,27-,28-,29-,30+/m1/s1. The number of ether oxygens (including phenoxy) is 1. The number of carbonyl (C=O) groups is 1. The third-order valence-corrected chi connectivity index (χ3v) is 9.22. The minimum Gasteiger partial charge on any atom is -0.461 e. The van der Waals surface area contributed by atoms with Crippen molar-refractivity contribution < 1.29 is 9.53 Å². The molecule has 1 saturated heterocycles. The molecule has 7 atom stereocenters. The Morgan fingerprint density at radius 2 is 1.63 bits per heavy atom. The summed E-state index contributed by atoms with van der Waals surface area (Å²) in [6, 6.07) is 21.7. The number of esters is 1. The molecule has 4 aliphatic rings. The lowest BCUT2D eigenvalue weighted by molar-refractivity contribution is -0.169. The second-order valence-corrected chi connectivity index (χ2v) is 11.8. The molecule has 2 aromatic rings. The van der Waals surface area contributed by atoms with Gasteiger partial charge in [0.1, 0.15) is 12.1 Å². The SMILES string of the molecule is C[C@@H]1CC[C@@H](C(C)(C)c2ccccc2)[C@H](OC(=O)[C@@H]2[C@H]3C=C[C@H](CC3)N2[C@H](C)c2ccccc2)C1. The van der Waals surface area contributed by atoms with Crippen molar-refractivity contribution >= 4 is 5.97 Å². The minimum atomic E-state index is -0.202. The number of benzene rings is 2. The van der Waals surface area contributed by atoms with Crippen molar-refractivity contribution in [3.05, 3.63) is 83.9 Å². The first-order valence-electron chi connectivity index (χ1n) is 13.6. The Labute approximate surface area is 211 Å². The number of carbonyl (C=O) groups excluding carboxylic acids is 1. The van der Waals surface area contributed by atoms with Gasteiger partial charge in [0.2, 0.25) is 0 Å². The maximum Gasteiger partial charge on any atom is 0.324 e. The molecule has 2 aliphatic heterocycles. The Morgan fingerprint density at radius 3 is 2.29 bits per heavy atom. The molecule has 2 aromatic carbocycles. The highest BCUT2D eigenvalue weighted by Crippen LogP contribution is 2.45. The minimum absolute atomic E-state index is 0.0141. The quantitative estimate of drug-likeness (QED) is 0.333. The normalized spacial score (nSPS) is 31.8. The molecule has 6 rings (SSSR count). The van der Waals surface area contributed by atoms with Gasteiger partial charge in [-0.3, -0.25) is 9.69 Å². The zero-order valence-electron chi connectivity index (χ0n) is 21.8. The van der Waals surface area contributed by atoms with E-state index < -0.39 is 0 Å². The van der Waals surface area contributed by atoms with Gasteiger partial charge in [0.15, 0.2) is 0 Å². The summed E-state index contributed by atoms with van der Waals surface area (Å²) in [4.78, 5) is 16.5. The van der Waals surface area contributed by atoms with Gasteiger partial charge in [-0.1, -0.05) is 100 Å². The molecule has 0 amide bonds. The summed E-state index contributed by atoms with van der Waals surface area (Å²) >= 11 is 0.